The summed E-state index contributed by atoms with van der Waals surface area (Å²) < 4.78 is 7.37. The van der Waals surface area contributed by atoms with Crippen LogP contribution in [0.2, 0.25) is 0 Å². The van der Waals surface area contributed by atoms with Gasteiger partial charge in [0.2, 0.25) is 0 Å². The van der Waals surface area contributed by atoms with Crippen LogP contribution in [-0.2, 0) is 6.54 Å². The zero-order valence-corrected chi connectivity index (χ0v) is 11.0. The number of hydrogen-bond donors (Lipinski definition) is 1. The number of nitrogens with one attached hydrogen (secondary N) is 1. The van der Waals surface area contributed by atoms with Gasteiger partial charge in [-0.05, 0) is 49.4 Å². The topological polar surface area (TPSA) is 26.2 Å². The second-order valence-corrected chi connectivity index (χ2v) is 4.24. The first kappa shape index (κ1) is 12.7. The fraction of sp³-hybridized carbons (Fsp3) is 0.333. The number of nitrogens with zero attached hydrogens (tertiary/aromatic N) is 1. The predicted octanol–water partition coefficient (Wildman–Crippen LogP) is 2.99. The largest absolute Gasteiger partial charge is 0.497 e. The van der Waals surface area contributed by atoms with Gasteiger partial charge in [-0.3, -0.25) is 0 Å². The van der Waals surface area contributed by atoms with E-state index in [0.717, 1.165) is 30.9 Å². The molecule has 0 fully saturated rings. The van der Waals surface area contributed by atoms with Crippen LogP contribution in [0.5, 0.6) is 5.75 Å². The Kier molecular flexibility index (Phi) is 4.42. The number of rotatable bonds is 6. The number of hydrogen-bond acceptors (Lipinski definition) is 2. The summed E-state index contributed by atoms with van der Waals surface area (Å²) in [6, 6.07) is 12.3. The predicted molar refractivity (Wildman–Crippen MR) is 74.3 cm³/mol. The molecule has 2 rings (SSSR count). The monoisotopic (exact) mass is 244 g/mol. The highest BCUT2D eigenvalue weighted by molar-refractivity contribution is 5.39. The van der Waals surface area contributed by atoms with Gasteiger partial charge < -0.3 is 14.6 Å². The molecule has 1 heterocycles. The maximum Gasteiger partial charge on any atom is 0.119 e. The van der Waals surface area contributed by atoms with E-state index in [2.05, 4.69) is 47.3 Å². The van der Waals surface area contributed by atoms with Gasteiger partial charge in [-0.25, -0.2) is 0 Å². The lowest BCUT2D eigenvalue weighted by atomic mass is 10.3. The molecule has 0 saturated heterocycles. The lowest BCUT2D eigenvalue weighted by Crippen LogP contribution is -2.16. The molecular weight excluding hydrogens is 224 g/mol. The van der Waals surface area contributed by atoms with E-state index >= 15 is 0 Å². The Bertz CT molecular complexity index is 473. The summed E-state index contributed by atoms with van der Waals surface area (Å²) in [5.41, 5.74) is 2.43. The highest BCUT2D eigenvalue weighted by Gasteiger charge is 2.02. The van der Waals surface area contributed by atoms with Crippen molar-refractivity contribution in [3.63, 3.8) is 0 Å². The maximum atomic E-state index is 5.17. The number of benzene rings is 1. The van der Waals surface area contributed by atoms with Crippen molar-refractivity contribution in [1.82, 2.24) is 9.88 Å². The Morgan fingerprint density at radius 3 is 2.61 bits per heavy atom. The molecule has 0 radical (unpaired) electrons. The van der Waals surface area contributed by atoms with Crippen LogP contribution < -0.4 is 10.1 Å². The molecule has 0 unspecified atom stereocenters. The highest BCUT2D eigenvalue weighted by Crippen LogP contribution is 2.17. The van der Waals surface area contributed by atoms with Gasteiger partial charge in [-0.15, -0.1) is 0 Å². The van der Waals surface area contributed by atoms with Crippen LogP contribution in [0.1, 0.15) is 19.0 Å². The smallest absolute Gasteiger partial charge is 0.119 e. The minimum absolute atomic E-state index is 0.886. The van der Waals surface area contributed by atoms with Gasteiger partial charge in [-0.1, -0.05) is 6.92 Å². The second kappa shape index (κ2) is 6.26. The lowest BCUT2D eigenvalue weighted by Gasteiger charge is -2.10. The van der Waals surface area contributed by atoms with Crippen molar-refractivity contribution in [2.24, 2.45) is 0 Å². The Hall–Kier alpha value is -1.74. The molecule has 0 spiro atoms. The van der Waals surface area contributed by atoms with E-state index in [0.29, 0.717) is 0 Å². The Labute approximate surface area is 108 Å². The van der Waals surface area contributed by atoms with Crippen molar-refractivity contribution in [1.29, 1.82) is 0 Å². The molecule has 1 N–H and O–H groups in total. The van der Waals surface area contributed by atoms with Gasteiger partial charge >= 0.3 is 0 Å². The number of methoxy groups -OCH3 is 1. The van der Waals surface area contributed by atoms with Crippen molar-refractivity contribution in [2.75, 3.05) is 13.7 Å². The molecule has 0 aliphatic carbocycles. The quantitative estimate of drug-likeness (QED) is 0.791. The molecule has 2 aromatic rings. The van der Waals surface area contributed by atoms with E-state index in [-0.39, 0.29) is 0 Å². The second-order valence-electron chi connectivity index (χ2n) is 4.24. The van der Waals surface area contributed by atoms with Crippen molar-refractivity contribution in [2.45, 2.75) is 19.9 Å². The van der Waals surface area contributed by atoms with Crippen molar-refractivity contribution < 1.29 is 4.74 Å². The SMILES string of the molecule is CCCNCc1cccn1-c1ccc(OC)cc1. The average Bonchev–Trinajstić information content (AvgIpc) is 2.88. The fourth-order valence-corrected chi connectivity index (χ4v) is 1.95. The normalized spacial score (nSPS) is 10.6. The van der Waals surface area contributed by atoms with Gasteiger partial charge in [0.25, 0.3) is 0 Å². The third kappa shape index (κ3) is 2.93. The van der Waals surface area contributed by atoms with E-state index < -0.39 is 0 Å². The Morgan fingerprint density at radius 1 is 1.17 bits per heavy atom. The summed E-state index contributed by atoms with van der Waals surface area (Å²) in [6.07, 6.45) is 3.24. The van der Waals surface area contributed by atoms with Gasteiger partial charge in [0.05, 0.1) is 7.11 Å². The zero-order valence-electron chi connectivity index (χ0n) is 11.0. The summed E-state index contributed by atoms with van der Waals surface area (Å²) >= 11 is 0. The van der Waals surface area contributed by atoms with Crippen molar-refractivity contribution in [3.8, 4) is 11.4 Å². The van der Waals surface area contributed by atoms with E-state index in [4.69, 9.17) is 4.74 Å². The summed E-state index contributed by atoms with van der Waals surface area (Å²) in [6.45, 7) is 4.12. The van der Waals surface area contributed by atoms with Crippen LogP contribution in [0.3, 0.4) is 0 Å². The van der Waals surface area contributed by atoms with Gasteiger partial charge in [0, 0.05) is 24.1 Å². The van der Waals surface area contributed by atoms with Crippen molar-refractivity contribution >= 4 is 0 Å². The van der Waals surface area contributed by atoms with Crippen LogP contribution in [0.4, 0.5) is 0 Å². The van der Waals surface area contributed by atoms with Gasteiger partial charge in [-0.2, -0.15) is 0 Å². The Morgan fingerprint density at radius 2 is 1.94 bits per heavy atom. The molecule has 0 aliphatic heterocycles. The molecule has 0 atom stereocenters. The standard InChI is InChI=1S/C15H20N2O/c1-3-10-16-12-14-5-4-11-17(14)13-6-8-15(18-2)9-7-13/h4-9,11,16H,3,10,12H2,1-2H3. The molecule has 96 valence electrons. The third-order valence-corrected chi connectivity index (χ3v) is 2.92. The molecule has 0 aliphatic rings. The van der Waals surface area contributed by atoms with Crippen LogP contribution in [-0.4, -0.2) is 18.2 Å². The molecule has 3 heteroatoms. The molecule has 0 amide bonds. The maximum absolute atomic E-state index is 5.17. The first-order valence-corrected chi connectivity index (χ1v) is 6.36. The molecule has 1 aromatic heterocycles. The summed E-state index contributed by atoms with van der Waals surface area (Å²) in [7, 11) is 1.69. The number of ether oxygens (including phenoxy) is 1. The molecule has 0 saturated carbocycles. The summed E-state index contributed by atoms with van der Waals surface area (Å²) in [5.74, 6) is 0.886. The molecule has 3 nitrogen and oxygen atoms in total. The lowest BCUT2D eigenvalue weighted by molar-refractivity contribution is 0.414. The van der Waals surface area contributed by atoms with E-state index in [1.165, 1.54) is 5.69 Å². The molecule has 1 aromatic carbocycles. The highest BCUT2D eigenvalue weighted by atomic mass is 16.5. The number of aromatic nitrogens is 1. The van der Waals surface area contributed by atoms with Crippen LogP contribution in [0.25, 0.3) is 5.69 Å². The average molecular weight is 244 g/mol. The van der Waals surface area contributed by atoms with Crippen LogP contribution in [0, 0.1) is 0 Å². The zero-order chi connectivity index (χ0) is 12.8. The van der Waals surface area contributed by atoms with Crippen molar-refractivity contribution in [3.05, 3.63) is 48.3 Å². The minimum Gasteiger partial charge on any atom is -0.497 e. The summed E-state index contributed by atoms with van der Waals surface area (Å²) in [4.78, 5) is 0. The van der Waals surface area contributed by atoms with E-state index in [1.807, 2.05) is 12.1 Å². The molecular formula is C15H20N2O. The summed E-state index contributed by atoms with van der Waals surface area (Å²) in [5, 5.41) is 3.42. The van der Waals surface area contributed by atoms with E-state index in [1.54, 1.807) is 7.11 Å². The fourth-order valence-electron chi connectivity index (χ4n) is 1.95. The van der Waals surface area contributed by atoms with Gasteiger partial charge in [0.15, 0.2) is 0 Å². The first-order chi connectivity index (χ1) is 8.85. The minimum atomic E-state index is 0.886. The Balaban J connectivity index is 2.14. The molecule has 0 bridgehead atoms. The first-order valence-electron chi connectivity index (χ1n) is 6.36. The van der Waals surface area contributed by atoms with Crippen LogP contribution in [0.15, 0.2) is 42.6 Å². The third-order valence-electron chi connectivity index (χ3n) is 2.92. The molecule has 18 heavy (non-hydrogen) atoms. The van der Waals surface area contributed by atoms with E-state index in [9.17, 15) is 0 Å². The van der Waals surface area contributed by atoms with Gasteiger partial charge in [0.1, 0.15) is 5.75 Å². The van der Waals surface area contributed by atoms with Crippen LogP contribution >= 0.6 is 0 Å².